The first-order chi connectivity index (χ1) is 10.1. The number of hydrogen-bond donors (Lipinski definition) is 0. The van der Waals surface area contributed by atoms with Crippen LogP contribution in [0.1, 0.15) is 52.4 Å². The second-order valence-corrected chi connectivity index (χ2v) is 4.91. The molecule has 0 atom stereocenters. The Kier molecular flexibility index (Phi) is 12.7. The van der Waals surface area contributed by atoms with E-state index in [-0.39, 0.29) is 25.8 Å². The van der Waals surface area contributed by atoms with Gasteiger partial charge in [-0.15, -0.1) is 0 Å². The highest BCUT2D eigenvalue weighted by molar-refractivity contribution is 5.86. The lowest BCUT2D eigenvalue weighted by Gasteiger charge is -2.07. The molecule has 0 aliphatic carbocycles. The first-order valence-electron chi connectivity index (χ1n) is 7.64. The van der Waals surface area contributed by atoms with Crippen LogP contribution in [0.5, 0.6) is 0 Å². The summed E-state index contributed by atoms with van der Waals surface area (Å²) in [5, 5.41) is 0. The van der Waals surface area contributed by atoms with Crippen molar-refractivity contribution in [3.05, 3.63) is 12.2 Å². The fourth-order valence-electron chi connectivity index (χ4n) is 1.58. The van der Waals surface area contributed by atoms with Crippen molar-refractivity contribution >= 4 is 11.9 Å². The average Bonchev–Trinajstić information content (AvgIpc) is 2.45. The molecule has 0 aromatic heterocycles. The van der Waals surface area contributed by atoms with Gasteiger partial charge in [-0.3, -0.25) is 4.79 Å². The van der Waals surface area contributed by atoms with Gasteiger partial charge in [0.25, 0.3) is 0 Å². The van der Waals surface area contributed by atoms with E-state index in [0.717, 1.165) is 12.8 Å². The Hall–Kier alpha value is -1.36. The standard InChI is InChI=1S/C16H28O5/c1-4-5-6-7-8-9-15(17)20-12-10-19-11-13-21-16(18)14(2)3/h2,4-13H2,1,3H3. The molecule has 0 aliphatic heterocycles. The molecule has 5 heteroatoms. The maximum Gasteiger partial charge on any atom is 0.333 e. The summed E-state index contributed by atoms with van der Waals surface area (Å²) >= 11 is 0. The zero-order chi connectivity index (χ0) is 15.9. The van der Waals surface area contributed by atoms with Gasteiger partial charge in [0.15, 0.2) is 0 Å². The predicted molar refractivity (Wildman–Crippen MR) is 80.9 cm³/mol. The summed E-state index contributed by atoms with van der Waals surface area (Å²) in [7, 11) is 0. The first-order valence-corrected chi connectivity index (χ1v) is 7.64. The smallest absolute Gasteiger partial charge is 0.333 e. The van der Waals surface area contributed by atoms with Gasteiger partial charge in [0, 0.05) is 12.0 Å². The minimum atomic E-state index is -0.423. The maximum absolute atomic E-state index is 11.4. The van der Waals surface area contributed by atoms with Crippen molar-refractivity contribution in [1.82, 2.24) is 0 Å². The predicted octanol–water partition coefficient (Wildman–Crippen LogP) is 3.03. The number of rotatable bonds is 13. The van der Waals surface area contributed by atoms with Crippen molar-refractivity contribution in [2.24, 2.45) is 0 Å². The molecule has 0 bridgehead atoms. The summed E-state index contributed by atoms with van der Waals surface area (Å²) < 4.78 is 15.1. The topological polar surface area (TPSA) is 61.8 Å². The van der Waals surface area contributed by atoms with Crippen LogP contribution < -0.4 is 0 Å². The molecule has 0 radical (unpaired) electrons. The number of ether oxygens (including phenoxy) is 3. The molecule has 0 spiro atoms. The van der Waals surface area contributed by atoms with Gasteiger partial charge in [-0.05, 0) is 13.3 Å². The molecule has 122 valence electrons. The molecular weight excluding hydrogens is 272 g/mol. The summed E-state index contributed by atoms with van der Waals surface area (Å²) in [6.07, 6.45) is 6.03. The number of hydrogen-bond acceptors (Lipinski definition) is 5. The third-order valence-electron chi connectivity index (χ3n) is 2.78. The Labute approximate surface area is 127 Å². The van der Waals surface area contributed by atoms with Crippen LogP contribution in [-0.4, -0.2) is 38.4 Å². The Bertz CT molecular complexity index is 312. The molecular formula is C16H28O5. The number of carbonyl (C=O) groups excluding carboxylic acids is 2. The molecule has 0 heterocycles. The van der Waals surface area contributed by atoms with Crippen molar-refractivity contribution in [3.8, 4) is 0 Å². The fourth-order valence-corrected chi connectivity index (χ4v) is 1.58. The van der Waals surface area contributed by atoms with E-state index < -0.39 is 5.97 Å². The largest absolute Gasteiger partial charge is 0.463 e. The van der Waals surface area contributed by atoms with Crippen LogP contribution in [0.2, 0.25) is 0 Å². The number of unbranched alkanes of at least 4 members (excludes halogenated alkanes) is 4. The van der Waals surface area contributed by atoms with Gasteiger partial charge in [0.05, 0.1) is 13.2 Å². The quantitative estimate of drug-likeness (QED) is 0.297. The van der Waals surface area contributed by atoms with Crippen LogP contribution in [0.3, 0.4) is 0 Å². The van der Waals surface area contributed by atoms with Gasteiger partial charge >= 0.3 is 11.9 Å². The highest BCUT2D eigenvalue weighted by Crippen LogP contribution is 2.05. The van der Waals surface area contributed by atoms with Crippen LogP contribution in [0, 0.1) is 0 Å². The van der Waals surface area contributed by atoms with E-state index >= 15 is 0 Å². The maximum atomic E-state index is 11.4. The monoisotopic (exact) mass is 300 g/mol. The highest BCUT2D eigenvalue weighted by Gasteiger charge is 2.03. The Morgan fingerprint density at radius 3 is 2.14 bits per heavy atom. The highest BCUT2D eigenvalue weighted by atomic mass is 16.6. The zero-order valence-electron chi connectivity index (χ0n) is 13.3. The normalized spacial score (nSPS) is 10.2. The van der Waals surface area contributed by atoms with Gasteiger partial charge in [-0.2, -0.15) is 0 Å². The fraction of sp³-hybridized carbons (Fsp3) is 0.750. The summed E-state index contributed by atoms with van der Waals surface area (Å²) in [5.74, 6) is -0.600. The van der Waals surface area contributed by atoms with Crippen LogP contribution >= 0.6 is 0 Å². The van der Waals surface area contributed by atoms with Gasteiger partial charge in [0.1, 0.15) is 13.2 Å². The molecule has 0 rings (SSSR count). The summed E-state index contributed by atoms with van der Waals surface area (Å²) in [4.78, 5) is 22.4. The van der Waals surface area contributed by atoms with Crippen molar-refractivity contribution in [2.75, 3.05) is 26.4 Å². The van der Waals surface area contributed by atoms with E-state index in [9.17, 15) is 9.59 Å². The Morgan fingerprint density at radius 1 is 0.905 bits per heavy atom. The van der Waals surface area contributed by atoms with E-state index in [1.54, 1.807) is 6.92 Å². The van der Waals surface area contributed by atoms with E-state index in [4.69, 9.17) is 14.2 Å². The van der Waals surface area contributed by atoms with Gasteiger partial charge in [0.2, 0.25) is 0 Å². The number of esters is 2. The molecule has 0 saturated heterocycles. The van der Waals surface area contributed by atoms with E-state index in [2.05, 4.69) is 13.5 Å². The molecule has 0 aromatic carbocycles. The third kappa shape index (κ3) is 13.4. The average molecular weight is 300 g/mol. The zero-order valence-corrected chi connectivity index (χ0v) is 13.3. The molecule has 0 aliphatic rings. The third-order valence-corrected chi connectivity index (χ3v) is 2.78. The van der Waals surface area contributed by atoms with Crippen molar-refractivity contribution in [1.29, 1.82) is 0 Å². The molecule has 0 aromatic rings. The number of carbonyl (C=O) groups is 2. The van der Waals surface area contributed by atoms with Crippen LogP contribution in [-0.2, 0) is 23.8 Å². The first kappa shape index (κ1) is 19.6. The summed E-state index contributed by atoms with van der Waals surface area (Å²) in [6, 6.07) is 0. The second kappa shape index (κ2) is 13.6. The molecule has 0 amide bonds. The lowest BCUT2D eigenvalue weighted by Crippen LogP contribution is -2.14. The summed E-state index contributed by atoms with van der Waals surface area (Å²) in [5.41, 5.74) is 0.364. The molecule has 21 heavy (non-hydrogen) atoms. The van der Waals surface area contributed by atoms with Gasteiger partial charge in [-0.1, -0.05) is 39.2 Å². The lowest BCUT2D eigenvalue weighted by atomic mass is 10.1. The Balaban J connectivity index is 3.29. The van der Waals surface area contributed by atoms with Gasteiger partial charge < -0.3 is 14.2 Å². The van der Waals surface area contributed by atoms with Crippen LogP contribution in [0.25, 0.3) is 0 Å². The van der Waals surface area contributed by atoms with Crippen molar-refractivity contribution in [3.63, 3.8) is 0 Å². The van der Waals surface area contributed by atoms with Crippen molar-refractivity contribution < 1.29 is 23.8 Å². The van der Waals surface area contributed by atoms with E-state index in [1.165, 1.54) is 19.3 Å². The van der Waals surface area contributed by atoms with Crippen LogP contribution in [0.15, 0.2) is 12.2 Å². The Morgan fingerprint density at radius 2 is 1.52 bits per heavy atom. The van der Waals surface area contributed by atoms with Crippen LogP contribution in [0.4, 0.5) is 0 Å². The second-order valence-electron chi connectivity index (χ2n) is 4.91. The molecule has 0 N–H and O–H groups in total. The molecule has 0 fully saturated rings. The lowest BCUT2D eigenvalue weighted by molar-refractivity contribution is -0.145. The summed E-state index contributed by atoms with van der Waals surface area (Å²) in [6.45, 7) is 8.23. The van der Waals surface area contributed by atoms with Gasteiger partial charge in [-0.25, -0.2) is 4.79 Å². The minimum Gasteiger partial charge on any atom is -0.463 e. The minimum absolute atomic E-state index is 0.177. The van der Waals surface area contributed by atoms with Crippen molar-refractivity contribution in [2.45, 2.75) is 52.4 Å². The molecule has 5 nitrogen and oxygen atoms in total. The molecule has 0 unspecified atom stereocenters. The van der Waals surface area contributed by atoms with E-state index in [1.807, 2.05) is 0 Å². The van der Waals surface area contributed by atoms with E-state index in [0.29, 0.717) is 18.6 Å². The SMILES string of the molecule is C=C(C)C(=O)OCCOCCOC(=O)CCCCCCC. The molecule has 0 saturated carbocycles.